The summed E-state index contributed by atoms with van der Waals surface area (Å²) in [6.07, 6.45) is 0. The van der Waals surface area contributed by atoms with Gasteiger partial charge in [-0.1, -0.05) is 18.2 Å². The molecule has 0 N–H and O–H groups in total. The first-order valence-electron chi connectivity index (χ1n) is 10.2. The summed E-state index contributed by atoms with van der Waals surface area (Å²) in [4.78, 5) is 22.8. The topological polar surface area (TPSA) is 45.7 Å². The van der Waals surface area contributed by atoms with Crippen LogP contribution >= 0.6 is 22.7 Å². The van der Waals surface area contributed by atoms with E-state index in [2.05, 4.69) is 11.0 Å². The maximum Gasteiger partial charge on any atom is 0.264 e. The lowest BCUT2D eigenvalue weighted by Gasteiger charge is -2.34. The molecule has 2 aromatic carbocycles. The van der Waals surface area contributed by atoms with Gasteiger partial charge in [0.1, 0.15) is 10.8 Å². The van der Waals surface area contributed by atoms with E-state index < -0.39 is 0 Å². The molecule has 1 amide bonds. The molecule has 1 aliphatic rings. The van der Waals surface area contributed by atoms with Crippen molar-refractivity contribution in [3.8, 4) is 0 Å². The molecule has 0 spiro atoms. The van der Waals surface area contributed by atoms with Crippen molar-refractivity contribution in [1.29, 1.82) is 0 Å². The summed E-state index contributed by atoms with van der Waals surface area (Å²) in [5, 5.41) is 1.61. The molecule has 0 radical (unpaired) electrons. The Labute approximate surface area is 187 Å². The minimum Gasteiger partial charge on any atom is -0.380 e. The molecule has 0 saturated carbocycles. The monoisotopic (exact) mass is 455 g/mol. The summed E-state index contributed by atoms with van der Waals surface area (Å²) in [6, 6.07) is 13.1. The Hall–Kier alpha value is -2.39. The van der Waals surface area contributed by atoms with Crippen LogP contribution in [0.1, 0.15) is 20.2 Å². The van der Waals surface area contributed by atoms with Gasteiger partial charge in [0.05, 0.1) is 28.2 Å². The number of amides is 1. The maximum atomic E-state index is 14.4. The van der Waals surface area contributed by atoms with Crippen molar-refractivity contribution in [2.75, 3.05) is 33.3 Å². The first kappa shape index (κ1) is 20.5. The molecule has 1 saturated heterocycles. The van der Waals surface area contributed by atoms with Crippen molar-refractivity contribution in [2.45, 2.75) is 13.2 Å². The summed E-state index contributed by atoms with van der Waals surface area (Å²) in [5.41, 5.74) is 1.70. The molecule has 0 bridgehead atoms. The minimum atomic E-state index is -0.305. The van der Waals surface area contributed by atoms with E-state index in [1.54, 1.807) is 24.5 Å². The number of aromatic nitrogens is 1. The number of methoxy groups -OCH3 is 1. The van der Waals surface area contributed by atoms with Crippen LogP contribution in [0, 0.1) is 5.82 Å². The third-order valence-corrected chi connectivity index (χ3v) is 7.81. The molecule has 31 heavy (non-hydrogen) atoms. The van der Waals surface area contributed by atoms with E-state index in [-0.39, 0.29) is 18.3 Å². The second-order valence-corrected chi connectivity index (χ2v) is 9.77. The molecule has 0 unspecified atom stereocenters. The predicted octanol–water partition coefficient (Wildman–Crippen LogP) is 4.75. The molecule has 1 fully saturated rings. The van der Waals surface area contributed by atoms with Crippen molar-refractivity contribution in [1.82, 2.24) is 14.8 Å². The highest BCUT2D eigenvalue weighted by Gasteiger charge is 2.27. The van der Waals surface area contributed by atoms with Gasteiger partial charge in [-0.25, -0.2) is 9.37 Å². The number of hydrogen-bond acceptors (Lipinski definition) is 6. The summed E-state index contributed by atoms with van der Waals surface area (Å²) >= 11 is 3.08. The molecule has 3 heterocycles. The quantitative estimate of drug-likeness (QED) is 0.436. The number of rotatable bonds is 5. The lowest BCUT2D eigenvalue weighted by molar-refractivity contribution is 0.0629. The van der Waals surface area contributed by atoms with Crippen LogP contribution in [0.25, 0.3) is 20.3 Å². The Balaban J connectivity index is 1.30. The number of para-hydroxylation sites is 1. The second kappa shape index (κ2) is 8.63. The normalized spacial score (nSPS) is 15.2. The Kier molecular flexibility index (Phi) is 5.71. The molecule has 2 aromatic heterocycles. The number of hydrogen-bond donors (Lipinski definition) is 0. The van der Waals surface area contributed by atoms with Crippen LogP contribution in [-0.2, 0) is 17.9 Å². The van der Waals surface area contributed by atoms with Crippen LogP contribution in [0.4, 0.5) is 4.39 Å². The predicted molar refractivity (Wildman–Crippen MR) is 123 cm³/mol. The minimum absolute atomic E-state index is 0.0349. The zero-order chi connectivity index (χ0) is 21.4. The van der Waals surface area contributed by atoms with Crippen LogP contribution in [-0.4, -0.2) is 54.0 Å². The van der Waals surface area contributed by atoms with E-state index in [1.165, 1.54) is 22.1 Å². The van der Waals surface area contributed by atoms with Gasteiger partial charge >= 0.3 is 0 Å². The third kappa shape index (κ3) is 3.96. The molecular weight excluding hydrogens is 433 g/mol. The summed E-state index contributed by atoms with van der Waals surface area (Å²) in [6.45, 7) is 3.89. The number of halogens is 1. The molecule has 0 atom stereocenters. The number of ether oxygens (including phenoxy) is 1. The molecule has 160 valence electrons. The fourth-order valence-corrected chi connectivity index (χ4v) is 6.25. The lowest BCUT2D eigenvalue weighted by atomic mass is 10.1. The van der Waals surface area contributed by atoms with Gasteiger partial charge in [0.25, 0.3) is 5.91 Å². The highest BCUT2D eigenvalue weighted by molar-refractivity contribution is 7.21. The molecular formula is C23H22FN3O2S2. The fourth-order valence-electron chi connectivity index (χ4n) is 4.05. The molecule has 8 heteroatoms. The summed E-state index contributed by atoms with van der Waals surface area (Å²) in [7, 11) is 1.57. The molecule has 1 aliphatic heterocycles. The maximum absolute atomic E-state index is 14.4. The van der Waals surface area contributed by atoms with Gasteiger partial charge in [-0.3, -0.25) is 9.69 Å². The largest absolute Gasteiger partial charge is 0.380 e. The smallest absolute Gasteiger partial charge is 0.264 e. The number of carbonyl (C=O) groups is 1. The molecule has 5 rings (SSSR count). The van der Waals surface area contributed by atoms with E-state index in [0.29, 0.717) is 28.9 Å². The number of nitrogens with zero attached hydrogens (tertiary/aromatic N) is 3. The number of benzene rings is 2. The molecule has 0 aliphatic carbocycles. The van der Waals surface area contributed by atoms with Crippen LogP contribution in [0.2, 0.25) is 0 Å². The number of thiophene rings is 1. The average molecular weight is 456 g/mol. The van der Waals surface area contributed by atoms with Gasteiger partial charge in [-0.15, -0.1) is 22.7 Å². The van der Waals surface area contributed by atoms with Gasteiger partial charge in [-0.2, -0.15) is 0 Å². The number of carbonyl (C=O) groups excluding carboxylic acids is 1. The van der Waals surface area contributed by atoms with Crippen molar-refractivity contribution in [2.24, 2.45) is 0 Å². The zero-order valence-corrected chi connectivity index (χ0v) is 18.8. The fraction of sp³-hybridized carbons (Fsp3) is 0.304. The highest BCUT2D eigenvalue weighted by Crippen LogP contribution is 2.35. The Morgan fingerprint density at radius 1 is 1.06 bits per heavy atom. The summed E-state index contributed by atoms with van der Waals surface area (Å²) < 4.78 is 21.7. The van der Waals surface area contributed by atoms with Gasteiger partial charge in [-0.05, 0) is 24.3 Å². The van der Waals surface area contributed by atoms with Crippen LogP contribution in [0.3, 0.4) is 0 Å². The highest BCUT2D eigenvalue weighted by atomic mass is 32.1. The average Bonchev–Trinajstić information content (AvgIpc) is 3.36. The van der Waals surface area contributed by atoms with Crippen LogP contribution in [0.15, 0.2) is 42.5 Å². The Bertz CT molecular complexity index is 1210. The first-order chi connectivity index (χ1) is 15.1. The Morgan fingerprint density at radius 2 is 1.84 bits per heavy atom. The van der Waals surface area contributed by atoms with Gasteiger partial charge in [0, 0.05) is 48.9 Å². The standard InChI is InChI=1S/C23H22FN3O2S2/c1-29-14-15-21-16(24)5-4-8-19(21)31-22(15)23(28)27-11-9-26(10-12-27)13-20-25-17-6-2-3-7-18(17)30-20/h2-8H,9-14H2,1H3. The van der Waals surface area contributed by atoms with Gasteiger partial charge in [0.2, 0.25) is 0 Å². The number of fused-ring (bicyclic) bond motifs is 2. The van der Waals surface area contributed by atoms with Gasteiger partial charge in [0.15, 0.2) is 0 Å². The summed E-state index contributed by atoms with van der Waals surface area (Å²) in [5.74, 6) is -0.340. The molecule has 5 nitrogen and oxygen atoms in total. The van der Waals surface area contributed by atoms with Crippen LogP contribution in [0.5, 0.6) is 0 Å². The SMILES string of the molecule is COCc1c(C(=O)N2CCN(Cc3nc4ccccc4s3)CC2)sc2cccc(F)c12. The zero-order valence-electron chi connectivity index (χ0n) is 17.1. The van der Waals surface area contributed by atoms with E-state index in [1.807, 2.05) is 29.2 Å². The third-order valence-electron chi connectivity index (χ3n) is 5.60. The number of thiazole rings is 1. The molecule has 4 aromatic rings. The van der Waals surface area contributed by atoms with Crippen molar-refractivity contribution in [3.05, 3.63) is 63.7 Å². The van der Waals surface area contributed by atoms with E-state index in [4.69, 9.17) is 9.72 Å². The van der Waals surface area contributed by atoms with Gasteiger partial charge < -0.3 is 9.64 Å². The first-order valence-corrected chi connectivity index (χ1v) is 11.8. The van der Waals surface area contributed by atoms with Crippen LogP contribution < -0.4 is 0 Å². The number of piperazine rings is 1. The van der Waals surface area contributed by atoms with E-state index in [9.17, 15) is 9.18 Å². The van der Waals surface area contributed by atoms with E-state index in [0.717, 1.165) is 34.9 Å². The van der Waals surface area contributed by atoms with E-state index >= 15 is 0 Å². The van der Waals surface area contributed by atoms with Crippen molar-refractivity contribution < 1.29 is 13.9 Å². The Morgan fingerprint density at radius 3 is 2.61 bits per heavy atom. The second-order valence-electron chi connectivity index (χ2n) is 7.60. The lowest BCUT2D eigenvalue weighted by Crippen LogP contribution is -2.48. The van der Waals surface area contributed by atoms with Crippen molar-refractivity contribution >= 4 is 48.9 Å². The van der Waals surface area contributed by atoms with Crippen molar-refractivity contribution in [3.63, 3.8) is 0 Å².